The highest BCUT2D eigenvalue weighted by atomic mass is 28.4. The minimum Gasteiger partial charge on any atom is -0.541 e. The first kappa shape index (κ1) is 29.2. The molecule has 0 bridgehead atoms. The number of carbonyl (C=O) groups is 1. The molecular formula is C28H40N2O4Si2. The Hall–Kier alpha value is -3.03. The molecule has 0 unspecified atom stereocenters. The van der Waals surface area contributed by atoms with E-state index in [0.29, 0.717) is 22.7 Å². The quantitative estimate of drug-likeness (QED) is 0.166. The van der Waals surface area contributed by atoms with Gasteiger partial charge in [0.25, 0.3) is 22.5 Å². The lowest BCUT2D eigenvalue weighted by atomic mass is 10.1. The van der Waals surface area contributed by atoms with Crippen LogP contribution in [0.2, 0.25) is 36.3 Å². The molecule has 0 saturated carbocycles. The summed E-state index contributed by atoms with van der Waals surface area (Å²) in [5.74, 6) is 0.0194. The van der Waals surface area contributed by atoms with Gasteiger partial charge in [0, 0.05) is 11.3 Å². The molecule has 0 fully saturated rings. The first-order chi connectivity index (χ1) is 16.4. The second-order valence-corrected chi connectivity index (χ2v) is 21.5. The molecule has 2 rings (SSSR count). The summed E-state index contributed by atoms with van der Waals surface area (Å²) in [4.78, 5) is 12.8. The number of anilines is 1. The zero-order valence-corrected chi connectivity index (χ0v) is 25.2. The van der Waals surface area contributed by atoms with E-state index >= 15 is 0 Å². The summed E-state index contributed by atoms with van der Waals surface area (Å²) in [6.07, 6.45) is 0. The number of aliphatic hydroxyl groups excluding tert-OH is 1. The third-order valence-corrected chi connectivity index (χ3v) is 15.9. The van der Waals surface area contributed by atoms with Crippen molar-refractivity contribution in [2.24, 2.45) is 0 Å². The Morgan fingerprint density at radius 3 is 1.83 bits per heavy atom. The maximum absolute atomic E-state index is 12.8. The van der Waals surface area contributed by atoms with Crippen molar-refractivity contribution in [2.45, 2.75) is 77.8 Å². The summed E-state index contributed by atoms with van der Waals surface area (Å²) in [6.45, 7) is 21.6. The van der Waals surface area contributed by atoms with Gasteiger partial charge in [0.1, 0.15) is 23.3 Å². The summed E-state index contributed by atoms with van der Waals surface area (Å²) < 4.78 is 13.2. The summed E-state index contributed by atoms with van der Waals surface area (Å²) in [5, 5.41) is 23.2. The van der Waals surface area contributed by atoms with E-state index in [2.05, 4.69) is 73.0 Å². The number of amides is 1. The Balaban J connectivity index is 2.58. The monoisotopic (exact) mass is 524 g/mol. The van der Waals surface area contributed by atoms with Gasteiger partial charge in [-0.25, -0.2) is 0 Å². The molecule has 0 spiro atoms. The van der Waals surface area contributed by atoms with E-state index in [1.165, 1.54) is 0 Å². The maximum Gasteiger partial charge on any atom is 0.270 e. The van der Waals surface area contributed by atoms with Crippen molar-refractivity contribution in [2.75, 3.05) is 5.32 Å². The van der Waals surface area contributed by atoms with Crippen LogP contribution in [-0.2, 0) is 4.79 Å². The number of aliphatic hydroxyl groups is 1. The molecule has 36 heavy (non-hydrogen) atoms. The van der Waals surface area contributed by atoms with Gasteiger partial charge in [-0.2, -0.15) is 5.26 Å². The molecule has 0 aromatic heterocycles. The van der Waals surface area contributed by atoms with Gasteiger partial charge < -0.3 is 19.3 Å². The number of rotatable bonds is 7. The molecule has 0 saturated heterocycles. The van der Waals surface area contributed by atoms with Gasteiger partial charge in [-0.3, -0.25) is 4.79 Å². The van der Waals surface area contributed by atoms with Gasteiger partial charge in [0.05, 0.1) is 0 Å². The van der Waals surface area contributed by atoms with Crippen LogP contribution in [0.15, 0.2) is 54.1 Å². The van der Waals surface area contributed by atoms with Crippen LogP contribution in [0.4, 0.5) is 5.69 Å². The van der Waals surface area contributed by atoms with E-state index in [9.17, 15) is 15.2 Å². The minimum absolute atomic E-state index is 0.0224. The topological polar surface area (TPSA) is 91.6 Å². The average molecular weight is 525 g/mol. The van der Waals surface area contributed by atoms with E-state index in [4.69, 9.17) is 8.85 Å². The van der Waals surface area contributed by atoms with Crippen LogP contribution >= 0.6 is 0 Å². The number of para-hydroxylation sites is 1. The van der Waals surface area contributed by atoms with Gasteiger partial charge in [0.15, 0.2) is 5.57 Å². The molecule has 0 atom stereocenters. The highest BCUT2D eigenvalue weighted by molar-refractivity contribution is 6.75. The summed E-state index contributed by atoms with van der Waals surface area (Å²) in [5.41, 5.74) is 0.462. The minimum atomic E-state index is -2.27. The van der Waals surface area contributed by atoms with E-state index < -0.39 is 28.3 Å². The molecule has 2 aromatic carbocycles. The van der Waals surface area contributed by atoms with Crippen LogP contribution in [0, 0.1) is 11.3 Å². The van der Waals surface area contributed by atoms with Crippen molar-refractivity contribution in [3.63, 3.8) is 0 Å². The van der Waals surface area contributed by atoms with Crippen molar-refractivity contribution in [3.8, 4) is 17.6 Å². The van der Waals surface area contributed by atoms with Crippen molar-refractivity contribution in [3.05, 3.63) is 59.7 Å². The van der Waals surface area contributed by atoms with Crippen molar-refractivity contribution in [1.82, 2.24) is 0 Å². The van der Waals surface area contributed by atoms with Crippen LogP contribution in [0.25, 0.3) is 5.76 Å². The van der Waals surface area contributed by atoms with Gasteiger partial charge in [0.2, 0.25) is 0 Å². The van der Waals surface area contributed by atoms with Crippen LogP contribution in [0.3, 0.4) is 0 Å². The van der Waals surface area contributed by atoms with E-state index in [0.717, 1.165) is 0 Å². The van der Waals surface area contributed by atoms with Crippen LogP contribution in [0.1, 0.15) is 47.1 Å². The largest absolute Gasteiger partial charge is 0.541 e. The average Bonchev–Trinajstić information content (AvgIpc) is 2.74. The Morgan fingerprint density at radius 1 is 0.861 bits per heavy atom. The molecule has 1 amide bonds. The third kappa shape index (κ3) is 6.80. The fourth-order valence-corrected chi connectivity index (χ4v) is 4.79. The number of carbonyl (C=O) groups excluding carboxylic acids is 1. The normalized spacial score (nSPS) is 13.4. The fourth-order valence-electron chi connectivity index (χ4n) is 2.75. The predicted octanol–water partition coefficient (Wildman–Crippen LogP) is 7.89. The maximum atomic E-state index is 12.8. The number of nitriles is 1. The van der Waals surface area contributed by atoms with Gasteiger partial charge in [-0.1, -0.05) is 59.7 Å². The lowest BCUT2D eigenvalue weighted by Crippen LogP contribution is -2.45. The van der Waals surface area contributed by atoms with E-state index in [1.807, 2.05) is 12.1 Å². The summed E-state index contributed by atoms with van der Waals surface area (Å²) >= 11 is 0. The highest BCUT2D eigenvalue weighted by Gasteiger charge is 2.42. The number of nitrogens with zero attached hydrogens (tertiary/aromatic N) is 1. The second kappa shape index (κ2) is 10.5. The number of hydrogen-bond donors (Lipinski definition) is 2. The van der Waals surface area contributed by atoms with Crippen LogP contribution < -0.4 is 14.2 Å². The molecule has 0 heterocycles. The van der Waals surface area contributed by atoms with E-state index in [-0.39, 0.29) is 15.6 Å². The fraction of sp³-hybridized carbons (Fsp3) is 0.429. The van der Waals surface area contributed by atoms with Gasteiger partial charge in [-0.05, 0) is 66.6 Å². The number of hydrogen-bond acceptors (Lipinski definition) is 5. The second-order valence-electron chi connectivity index (χ2n) is 12.0. The smallest absolute Gasteiger partial charge is 0.270 e. The highest BCUT2D eigenvalue weighted by Crippen LogP contribution is 2.44. The van der Waals surface area contributed by atoms with Crippen molar-refractivity contribution in [1.29, 1.82) is 5.26 Å². The molecule has 0 aliphatic heterocycles. The van der Waals surface area contributed by atoms with E-state index in [1.54, 1.807) is 42.5 Å². The zero-order chi connectivity index (χ0) is 27.5. The molecule has 8 heteroatoms. The molecular weight excluding hydrogens is 484 g/mol. The predicted molar refractivity (Wildman–Crippen MR) is 152 cm³/mol. The zero-order valence-electron chi connectivity index (χ0n) is 23.2. The SMILES string of the molecule is CC(C)(C)[Si](C)(C)Oc1ccc(/C(O)=C(/C#N)C(=O)Nc2ccccc2)cc1O[Si](C)(C)C(C)(C)C. The Labute approximate surface area is 218 Å². The Morgan fingerprint density at radius 2 is 1.36 bits per heavy atom. The summed E-state index contributed by atoms with van der Waals surface area (Å²) in [7, 11) is -4.46. The first-order valence-electron chi connectivity index (χ1n) is 12.1. The Kier molecular flexibility index (Phi) is 8.54. The lowest BCUT2D eigenvalue weighted by molar-refractivity contribution is -0.112. The lowest BCUT2D eigenvalue weighted by Gasteiger charge is -2.39. The molecule has 6 nitrogen and oxygen atoms in total. The van der Waals surface area contributed by atoms with Gasteiger partial charge in [-0.15, -0.1) is 0 Å². The number of nitrogens with one attached hydrogen (secondary N) is 1. The first-order valence-corrected chi connectivity index (χ1v) is 17.9. The van der Waals surface area contributed by atoms with Crippen molar-refractivity contribution >= 4 is 34.0 Å². The molecule has 2 N–H and O–H groups in total. The number of benzene rings is 2. The van der Waals surface area contributed by atoms with Crippen LogP contribution in [-0.4, -0.2) is 27.6 Å². The standard InChI is InChI=1S/C28H40N2O4Si2/c1-27(2,3)35(7,8)33-23-17-16-20(18-24(23)34-36(9,10)28(4,5)6)25(31)22(19-29)26(32)30-21-14-12-11-13-15-21/h11-18,31H,1-10H3,(H,30,32)/b25-22+. The molecule has 2 aromatic rings. The van der Waals surface area contributed by atoms with Crippen LogP contribution in [0.5, 0.6) is 11.5 Å². The summed E-state index contributed by atoms with van der Waals surface area (Å²) in [6, 6.07) is 15.7. The molecule has 0 aliphatic carbocycles. The third-order valence-electron chi connectivity index (χ3n) is 7.17. The van der Waals surface area contributed by atoms with Gasteiger partial charge >= 0.3 is 0 Å². The Bertz CT molecular complexity index is 1170. The molecule has 0 radical (unpaired) electrons. The van der Waals surface area contributed by atoms with Crippen molar-refractivity contribution < 1.29 is 18.8 Å². The molecule has 194 valence electrons. The molecule has 0 aliphatic rings.